The first-order valence-corrected chi connectivity index (χ1v) is 1.62. The minimum absolute atomic E-state index is 0. The third-order valence-corrected chi connectivity index (χ3v) is 0.308. The minimum Gasteiger partial charge on any atom is -0.368 e. The maximum atomic E-state index is 4.93. The Bertz CT molecular complexity index is 19.0. The molecule has 1 N–H and O–H groups in total. The van der Waals surface area contributed by atoms with Crippen molar-refractivity contribution in [2.75, 3.05) is 13.8 Å². The van der Waals surface area contributed by atoms with Crippen molar-refractivity contribution in [1.29, 1.82) is 0 Å². The molecule has 0 aliphatic heterocycles. The highest BCUT2D eigenvalue weighted by atomic mass is 35.5. The largest absolute Gasteiger partial charge is 0.368 e. The van der Waals surface area contributed by atoms with Crippen LogP contribution in [0.4, 0.5) is 0 Å². The first kappa shape index (κ1) is 9.71. The van der Waals surface area contributed by atoms with Gasteiger partial charge in [-0.15, -0.1) is 12.4 Å². The van der Waals surface area contributed by atoms with Gasteiger partial charge < -0.3 is 4.74 Å². The summed E-state index contributed by atoms with van der Waals surface area (Å²) in [6.07, 6.45) is 0. The Morgan fingerprint density at radius 2 is 2.33 bits per heavy atom. The zero-order chi connectivity index (χ0) is 4.12. The zero-order valence-electron chi connectivity index (χ0n) is 3.40. The van der Waals surface area contributed by atoms with Crippen molar-refractivity contribution in [2.45, 2.75) is 0 Å². The van der Waals surface area contributed by atoms with E-state index in [0.29, 0.717) is 6.73 Å². The van der Waals surface area contributed by atoms with Gasteiger partial charge in [0.25, 0.3) is 0 Å². The normalized spacial score (nSPS) is 7.00. The van der Waals surface area contributed by atoms with Gasteiger partial charge in [-0.05, 0) is 11.8 Å². The molecule has 0 atom stereocenters. The van der Waals surface area contributed by atoms with E-state index in [9.17, 15) is 0 Å². The summed E-state index contributed by atoms with van der Waals surface area (Å²) in [6, 6.07) is 0. The third-order valence-electron chi connectivity index (χ3n) is 0.199. The molecule has 40 valence electrons. The molecule has 0 aromatic heterocycles. The summed E-state index contributed by atoms with van der Waals surface area (Å²) in [5.74, 6) is 0. The standard InChI is InChI=1S/C2H6ClNO.ClH/c1-5-2-4-3;/h4H,2H2,1H3;1H. The van der Waals surface area contributed by atoms with Crippen LogP contribution in [0.25, 0.3) is 0 Å². The summed E-state index contributed by atoms with van der Waals surface area (Å²) >= 11 is 4.93. The third kappa shape index (κ3) is 8.82. The molecule has 0 rings (SSSR count). The van der Waals surface area contributed by atoms with Crippen LogP contribution >= 0.6 is 24.2 Å². The van der Waals surface area contributed by atoms with Crippen molar-refractivity contribution >= 4 is 24.2 Å². The van der Waals surface area contributed by atoms with Gasteiger partial charge >= 0.3 is 0 Å². The van der Waals surface area contributed by atoms with Gasteiger partial charge in [-0.1, -0.05) is 0 Å². The van der Waals surface area contributed by atoms with Crippen LogP contribution in [0, 0.1) is 0 Å². The Hall–Kier alpha value is 0.500. The summed E-state index contributed by atoms with van der Waals surface area (Å²) in [7, 11) is 1.56. The van der Waals surface area contributed by atoms with Gasteiger partial charge in [0, 0.05) is 7.11 Å². The molecule has 0 spiro atoms. The van der Waals surface area contributed by atoms with E-state index in [2.05, 4.69) is 9.57 Å². The summed E-state index contributed by atoms with van der Waals surface area (Å²) in [6.45, 7) is 0.404. The van der Waals surface area contributed by atoms with E-state index in [4.69, 9.17) is 11.8 Å². The monoisotopic (exact) mass is 131 g/mol. The Morgan fingerprint density at radius 3 is 2.33 bits per heavy atom. The molecule has 4 heteroatoms. The van der Waals surface area contributed by atoms with Crippen molar-refractivity contribution in [3.05, 3.63) is 0 Å². The van der Waals surface area contributed by atoms with Crippen LogP contribution in [0.3, 0.4) is 0 Å². The van der Waals surface area contributed by atoms with Crippen molar-refractivity contribution < 1.29 is 4.74 Å². The number of methoxy groups -OCH3 is 1. The highest BCUT2D eigenvalue weighted by Crippen LogP contribution is 1.58. The molecule has 0 bridgehead atoms. The van der Waals surface area contributed by atoms with Crippen LogP contribution < -0.4 is 4.84 Å². The number of ether oxygens (including phenoxy) is 1. The molecule has 0 saturated heterocycles. The predicted octanol–water partition coefficient (Wildman–Crippen LogP) is 0.755. The van der Waals surface area contributed by atoms with E-state index in [-0.39, 0.29) is 12.4 Å². The zero-order valence-corrected chi connectivity index (χ0v) is 4.97. The van der Waals surface area contributed by atoms with Gasteiger partial charge in [0.1, 0.15) is 6.73 Å². The summed E-state index contributed by atoms with van der Waals surface area (Å²) < 4.78 is 4.45. The Labute approximate surface area is 48.3 Å². The smallest absolute Gasteiger partial charge is 0.109 e. The average molecular weight is 132 g/mol. The molecule has 0 aliphatic carbocycles. The lowest BCUT2D eigenvalue weighted by Gasteiger charge is -1.85. The highest BCUT2D eigenvalue weighted by molar-refractivity contribution is 6.13. The topological polar surface area (TPSA) is 21.3 Å². The highest BCUT2D eigenvalue weighted by Gasteiger charge is 1.64. The first-order valence-electron chi connectivity index (χ1n) is 1.24. The molecular weight excluding hydrogens is 125 g/mol. The van der Waals surface area contributed by atoms with E-state index in [1.54, 1.807) is 7.11 Å². The number of hydrogen-bond acceptors (Lipinski definition) is 2. The second-order valence-electron chi connectivity index (χ2n) is 0.567. The average Bonchev–Trinajstić information content (AvgIpc) is 1.41. The van der Waals surface area contributed by atoms with E-state index in [1.165, 1.54) is 0 Å². The fourth-order valence-electron chi connectivity index (χ4n) is 0.0546. The lowest BCUT2D eigenvalue weighted by molar-refractivity contribution is 0.195. The first-order chi connectivity index (χ1) is 2.41. The van der Waals surface area contributed by atoms with Gasteiger partial charge in [0.2, 0.25) is 0 Å². The second kappa shape index (κ2) is 9.09. The predicted molar refractivity (Wildman–Crippen MR) is 28.1 cm³/mol. The molecule has 0 aromatic carbocycles. The molecule has 0 heterocycles. The number of halogens is 2. The molecule has 0 fully saturated rings. The van der Waals surface area contributed by atoms with Crippen molar-refractivity contribution in [1.82, 2.24) is 4.84 Å². The van der Waals surface area contributed by atoms with Crippen LogP contribution in [0.15, 0.2) is 0 Å². The number of rotatable bonds is 2. The van der Waals surface area contributed by atoms with Crippen molar-refractivity contribution in [3.8, 4) is 0 Å². The quantitative estimate of drug-likeness (QED) is 0.442. The van der Waals surface area contributed by atoms with Crippen LogP contribution in [0.1, 0.15) is 0 Å². The fourth-order valence-corrected chi connectivity index (χ4v) is 0.164. The maximum absolute atomic E-state index is 4.93. The second-order valence-corrected chi connectivity index (χ2v) is 0.834. The van der Waals surface area contributed by atoms with Crippen LogP contribution in [0.2, 0.25) is 0 Å². The molecular formula is C2H7Cl2NO. The Morgan fingerprint density at radius 1 is 1.83 bits per heavy atom. The molecule has 0 amide bonds. The molecule has 0 aliphatic rings. The Kier molecular flexibility index (Phi) is 14.7. The molecule has 0 radical (unpaired) electrons. The lowest BCUT2D eigenvalue weighted by atomic mass is 11.3. The summed E-state index contributed by atoms with van der Waals surface area (Å²) in [5, 5.41) is 0. The van der Waals surface area contributed by atoms with E-state index < -0.39 is 0 Å². The fraction of sp³-hybridized carbons (Fsp3) is 1.00. The summed E-state index contributed by atoms with van der Waals surface area (Å²) in [4.78, 5) is 2.27. The number of hydrogen-bond donors (Lipinski definition) is 1. The van der Waals surface area contributed by atoms with Crippen LogP contribution in [-0.4, -0.2) is 13.8 Å². The lowest BCUT2D eigenvalue weighted by Crippen LogP contribution is -2.01. The van der Waals surface area contributed by atoms with Gasteiger partial charge in [0.05, 0.1) is 0 Å². The maximum Gasteiger partial charge on any atom is 0.109 e. The van der Waals surface area contributed by atoms with E-state index in [1.807, 2.05) is 0 Å². The van der Waals surface area contributed by atoms with E-state index in [0.717, 1.165) is 0 Å². The van der Waals surface area contributed by atoms with Crippen LogP contribution in [-0.2, 0) is 4.74 Å². The molecule has 0 unspecified atom stereocenters. The van der Waals surface area contributed by atoms with Crippen molar-refractivity contribution in [3.63, 3.8) is 0 Å². The molecule has 6 heavy (non-hydrogen) atoms. The number of nitrogens with one attached hydrogen (secondary N) is 1. The van der Waals surface area contributed by atoms with Gasteiger partial charge in [0.15, 0.2) is 0 Å². The van der Waals surface area contributed by atoms with Gasteiger partial charge in [-0.2, -0.15) is 0 Å². The summed E-state index contributed by atoms with van der Waals surface area (Å²) in [5.41, 5.74) is 0. The van der Waals surface area contributed by atoms with Gasteiger partial charge in [-0.3, -0.25) is 0 Å². The Balaban J connectivity index is 0. The van der Waals surface area contributed by atoms with E-state index >= 15 is 0 Å². The molecule has 0 aromatic rings. The van der Waals surface area contributed by atoms with Crippen LogP contribution in [0.5, 0.6) is 0 Å². The molecule has 0 saturated carbocycles. The minimum atomic E-state index is 0. The van der Waals surface area contributed by atoms with Gasteiger partial charge in [-0.25, -0.2) is 4.84 Å². The molecule has 2 nitrogen and oxygen atoms in total. The van der Waals surface area contributed by atoms with Crippen molar-refractivity contribution in [2.24, 2.45) is 0 Å². The SMILES string of the molecule is COCNCl.Cl.